The quantitative estimate of drug-likeness (QED) is 0.598. The minimum atomic E-state index is -4.63. The van der Waals surface area contributed by atoms with E-state index in [0.717, 1.165) is 29.5 Å². The fourth-order valence-electron chi connectivity index (χ4n) is 2.11. The van der Waals surface area contributed by atoms with E-state index in [4.69, 9.17) is 16.3 Å². The first-order valence-electron chi connectivity index (χ1n) is 9.41. The number of benzene rings is 2. The van der Waals surface area contributed by atoms with E-state index < -0.39 is 32.9 Å². The van der Waals surface area contributed by atoms with E-state index in [0.29, 0.717) is 0 Å². The van der Waals surface area contributed by atoms with Gasteiger partial charge in [-0.1, -0.05) is 25.4 Å². The molecule has 2 N–H and O–H groups in total. The average Bonchev–Trinajstić information content (AvgIpc) is 2.70. The van der Waals surface area contributed by atoms with Crippen LogP contribution >= 0.6 is 11.6 Å². The second-order valence-corrected chi connectivity index (χ2v) is 8.73. The van der Waals surface area contributed by atoms with Crippen LogP contribution in [-0.2, 0) is 16.4 Å². The summed E-state index contributed by atoms with van der Waals surface area (Å²) in [7, 11) is -1.43. The first kappa shape index (κ1) is 27.7. The zero-order chi connectivity index (χ0) is 24.5. The third-order valence-electron chi connectivity index (χ3n) is 3.80. The SMILES string of the molecule is CCNCC.CN(C)S(=O)(=O)NC(=O)c1ccc(Oc2ccc(Cl)c(C(F)(F)F)c2)cc1. The molecular formula is C20H25ClF3N3O4S. The zero-order valence-electron chi connectivity index (χ0n) is 18.0. The smallest absolute Gasteiger partial charge is 0.417 e. The van der Waals surface area contributed by atoms with Gasteiger partial charge in [-0.25, -0.2) is 4.72 Å². The molecule has 32 heavy (non-hydrogen) atoms. The monoisotopic (exact) mass is 495 g/mol. The van der Waals surface area contributed by atoms with Gasteiger partial charge in [-0.15, -0.1) is 0 Å². The highest BCUT2D eigenvalue weighted by Gasteiger charge is 2.33. The van der Waals surface area contributed by atoms with Gasteiger partial charge < -0.3 is 10.1 Å². The second kappa shape index (κ2) is 12.0. The van der Waals surface area contributed by atoms with E-state index in [9.17, 15) is 26.4 Å². The third kappa shape index (κ3) is 8.65. The highest BCUT2D eigenvalue weighted by molar-refractivity contribution is 7.87. The summed E-state index contributed by atoms with van der Waals surface area (Å²) in [6.45, 7) is 6.39. The van der Waals surface area contributed by atoms with Gasteiger partial charge in [0.2, 0.25) is 0 Å². The maximum Gasteiger partial charge on any atom is 0.417 e. The van der Waals surface area contributed by atoms with Gasteiger partial charge in [-0.2, -0.15) is 25.9 Å². The highest BCUT2D eigenvalue weighted by atomic mass is 35.5. The lowest BCUT2D eigenvalue weighted by Gasteiger charge is -2.13. The lowest BCUT2D eigenvalue weighted by atomic mass is 10.2. The molecule has 0 bridgehead atoms. The molecule has 1 amide bonds. The number of carbonyl (C=O) groups excluding carboxylic acids is 1. The van der Waals surface area contributed by atoms with E-state index in [1.54, 1.807) is 0 Å². The Bertz CT molecular complexity index is 996. The molecule has 0 aliphatic rings. The summed E-state index contributed by atoms with van der Waals surface area (Å²) in [4.78, 5) is 11.9. The third-order valence-corrected chi connectivity index (χ3v) is 5.53. The molecule has 2 rings (SSSR count). The van der Waals surface area contributed by atoms with Crippen molar-refractivity contribution in [2.45, 2.75) is 20.0 Å². The first-order valence-corrected chi connectivity index (χ1v) is 11.2. The maximum atomic E-state index is 12.9. The van der Waals surface area contributed by atoms with E-state index >= 15 is 0 Å². The number of hydrogen-bond acceptors (Lipinski definition) is 5. The summed E-state index contributed by atoms with van der Waals surface area (Å²) in [5, 5.41) is 2.66. The molecule has 178 valence electrons. The van der Waals surface area contributed by atoms with Crippen molar-refractivity contribution in [1.29, 1.82) is 0 Å². The molecule has 0 aromatic heterocycles. The van der Waals surface area contributed by atoms with Crippen molar-refractivity contribution in [2.24, 2.45) is 0 Å². The molecule has 0 saturated heterocycles. The van der Waals surface area contributed by atoms with Crippen LogP contribution in [0.2, 0.25) is 5.02 Å². The molecule has 0 aliphatic carbocycles. The van der Waals surface area contributed by atoms with Crippen LogP contribution in [0.1, 0.15) is 29.8 Å². The molecule has 0 atom stereocenters. The summed E-state index contributed by atoms with van der Waals surface area (Å²) in [6, 6.07) is 8.27. The molecule has 0 radical (unpaired) electrons. The van der Waals surface area contributed by atoms with Crippen LogP contribution in [0.5, 0.6) is 11.5 Å². The van der Waals surface area contributed by atoms with Gasteiger partial charge >= 0.3 is 16.4 Å². The topological polar surface area (TPSA) is 87.7 Å². The number of rotatable bonds is 7. The lowest BCUT2D eigenvalue weighted by Crippen LogP contribution is -2.39. The van der Waals surface area contributed by atoms with Crippen molar-refractivity contribution < 1.29 is 31.1 Å². The van der Waals surface area contributed by atoms with Gasteiger partial charge in [-0.05, 0) is 55.6 Å². The van der Waals surface area contributed by atoms with Crippen molar-refractivity contribution in [3.05, 3.63) is 58.6 Å². The van der Waals surface area contributed by atoms with Crippen LogP contribution in [0, 0.1) is 0 Å². The molecule has 0 heterocycles. The van der Waals surface area contributed by atoms with Gasteiger partial charge in [0.25, 0.3) is 5.91 Å². The summed E-state index contributed by atoms with van der Waals surface area (Å²) in [6.07, 6.45) is -4.63. The van der Waals surface area contributed by atoms with Crippen molar-refractivity contribution in [1.82, 2.24) is 14.3 Å². The summed E-state index contributed by atoms with van der Waals surface area (Å²) >= 11 is 5.54. The molecule has 0 saturated carbocycles. The van der Waals surface area contributed by atoms with E-state index in [2.05, 4.69) is 19.2 Å². The highest BCUT2D eigenvalue weighted by Crippen LogP contribution is 2.37. The molecule has 2 aromatic carbocycles. The second-order valence-electron chi connectivity index (χ2n) is 6.44. The van der Waals surface area contributed by atoms with Gasteiger partial charge in [0.1, 0.15) is 11.5 Å². The lowest BCUT2D eigenvalue weighted by molar-refractivity contribution is -0.137. The van der Waals surface area contributed by atoms with Gasteiger partial charge in [0.05, 0.1) is 10.6 Å². The Hall–Kier alpha value is -2.34. The summed E-state index contributed by atoms with van der Waals surface area (Å²) in [5.74, 6) is -0.808. The molecule has 2 aromatic rings. The normalized spacial score (nSPS) is 11.5. The Kier molecular flexibility index (Phi) is 10.4. The van der Waals surface area contributed by atoms with Crippen LogP contribution in [0.15, 0.2) is 42.5 Å². The van der Waals surface area contributed by atoms with Crippen LogP contribution < -0.4 is 14.8 Å². The molecular weight excluding hydrogens is 471 g/mol. The fourth-order valence-corrected chi connectivity index (χ4v) is 2.87. The molecule has 0 unspecified atom stereocenters. The standard InChI is InChI=1S/C16H14ClF3N2O4S.C4H11N/c1-22(2)27(24,25)21-15(23)10-3-5-11(6-4-10)26-12-7-8-14(17)13(9-12)16(18,19)20;1-3-5-4-2/h3-9H,1-2H3,(H,21,23);5H,3-4H2,1-2H3. The fraction of sp³-hybridized carbons (Fsp3) is 0.350. The number of amides is 1. The number of carbonyl (C=O) groups is 1. The Morgan fingerprint density at radius 1 is 1.03 bits per heavy atom. The Balaban J connectivity index is 0.000000920. The predicted molar refractivity (Wildman–Crippen MR) is 117 cm³/mol. The van der Waals surface area contributed by atoms with Crippen molar-refractivity contribution in [3.8, 4) is 11.5 Å². The molecule has 0 spiro atoms. The van der Waals surface area contributed by atoms with Gasteiger partial charge in [0, 0.05) is 19.7 Å². The Labute approximate surface area is 190 Å². The van der Waals surface area contributed by atoms with E-state index in [-0.39, 0.29) is 17.1 Å². The van der Waals surface area contributed by atoms with Crippen LogP contribution in [0.4, 0.5) is 13.2 Å². The molecule has 0 aliphatic heterocycles. The van der Waals surface area contributed by atoms with E-state index in [1.165, 1.54) is 44.4 Å². The Morgan fingerprint density at radius 3 is 2.00 bits per heavy atom. The van der Waals surface area contributed by atoms with Crippen LogP contribution in [0.25, 0.3) is 0 Å². The van der Waals surface area contributed by atoms with Gasteiger partial charge in [0.15, 0.2) is 0 Å². The zero-order valence-corrected chi connectivity index (χ0v) is 19.5. The number of ether oxygens (including phenoxy) is 1. The number of hydrogen-bond donors (Lipinski definition) is 2. The molecule has 7 nitrogen and oxygen atoms in total. The largest absolute Gasteiger partial charge is 0.457 e. The van der Waals surface area contributed by atoms with Crippen molar-refractivity contribution in [3.63, 3.8) is 0 Å². The predicted octanol–water partition coefficient (Wildman–Crippen LogP) is 4.30. The molecule has 12 heteroatoms. The van der Waals surface area contributed by atoms with Crippen LogP contribution in [-0.4, -0.2) is 45.8 Å². The summed E-state index contributed by atoms with van der Waals surface area (Å²) < 4.78 is 69.9. The van der Waals surface area contributed by atoms with Crippen LogP contribution in [0.3, 0.4) is 0 Å². The van der Waals surface area contributed by atoms with Crippen molar-refractivity contribution >= 4 is 27.7 Å². The summed E-state index contributed by atoms with van der Waals surface area (Å²) in [5.41, 5.74) is -1.01. The van der Waals surface area contributed by atoms with E-state index in [1.807, 2.05) is 4.72 Å². The minimum absolute atomic E-state index is 0.0276. The molecule has 0 fully saturated rings. The minimum Gasteiger partial charge on any atom is -0.457 e. The number of alkyl halides is 3. The number of nitrogens with zero attached hydrogens (tertiary/aromatic N) is 1. The average molecular weight is 496 g/mol. The maximum absolute atomic E-state index is 12.9. The Morgan fingerprint density at radius 2 is 1.56 bits per heavy atom. The van der Waals surface area contributed by atoms with Gasteiger partial charge in [-0.3, -0.25) is 4.79 Å². The van der Waals surface area contributed by atoms with Crippen molar-refractivity contribution in [2.75, 3.05) is 27.2 Å². The number of nitrogens with one attached hydrogen (secondary N) is 2. The number of halogens is 4. The first-order chi connectivity index (χ1) is 14.8.